The van der Waals surface area contributed by atoms with Crippen LogP contribution in [0.1, 0.15) is 16.7 Å². The molecule has 0 saturated heterocycles. The molecule has 0 aromatic heterocycles. The molecule has 2 nitrogen and oxygen atoms in total. The largest absolute Gasteiger partial charge is 0.373 e. The Morgan fingerprint density at radius 2 is 1.26 bits per heavy atom. The minimum Gasteiger partial charge on any atom is -0.373 e. The van der Waals surface area contributed by atoms with E-state index in [0.29, 0.717) is 11.1 Å². The van der Waals surface area contributed by atoms with Gasteiger partial charge in [0, 0.05) is 6.42 Å². The summed E-state index contributed by atoms with van der Waals surface area (Å²) in [6.07, 6.45) is 0.166. The summed E-state index contributed by atoms with van der Waals surface area (Å²) in [5.74, 6) is -0.241. The van der Waals surface area contributed by atoms with Gasteiger partial charge in [0.1, 0.15) is 0 Å². The highest BCUT2D eigenvalue weighted by Gasteiger charge is 2.39. The smallest absolute Gasteiger partial charge is 0.177 e. The number of carbonyl (C=O) groups excluding carboxylic acids is 1. The Kier molecular flexibility index (Phi) is 4.57. The fraction of sp³-hybridized carbons (Fsp3) is 0.0800. The van der Waals surface area contributed by atoms with Crippen molar-refractivity contribution in [1.29, 1.82) is 0 Å². The van der Waals surface area contributed by atoms with Crippen molar-refractivity contribution < 1.29 is 9.90 Å². The predicted octanol–water partition coefficient (Wildman–Crippen LogP) is 4.89. The molecule has 0 bridgehead atoms. The van der Waals surface area contributed by atoms with E-state index in [1.54, 1.807) is 12.1 Å². The first-order valence-electron chi connectivity index (χ1n) is 9.02. The van der Waals surface area contributed by atoms with Gasteiger partial charge in [0.15, 0.2) is 11.4 Å². The zero-order valence-electron chi connectivity index (χ0n) is 14.9. The van der Waals surface area contributed by atoms with Crippen LogP contribution in [0.5, 0.6) is 0 Å². The molecule has 0 saturated carbocycles. The second kappa shape index (κ2) is 7.18. The first-order chi connectivity index (χ1) is 13.2. The van der Waals surface area contributed by atoms with Crippen LogP contribution in [0.3, 0.4) is 0 Å². The average Bonchev–Trinajstić information content (AvgIpc) is 2.74. The normalized spacial score (nSPS) is 13.2. The van der Waals surface area contributed by atoms with Crippen molar-refractivity contribution >= 4 is 16.6 Å². The molecule has 0 aliphatic carbocycles. The van der Waals surface area contributed by atoms with Crippen LogP contribution in [0.25, 0.3) is 10.8 Å². The van der Waals surface area contributed by atoms with Gasteiger partial charge in [-0.25, -0.2) is 0 Å². The van der Waals surface area contributed by atoms with Crippen LogP contribution in [0.4, 0.5) is 0 Å². The molecule has 0 amide bonds. The van der Waals surface area contributed by atoms with Crippen molar-refractivity contribution in [2.45, 2.75) is 12.0 Å². The van der Waals surface area contributed by atoms with Gasteiger partial charge in [-0.3, -0.25) is 4.79 Å². The molecule has 1 N–H and O–H groups in total. The molecule has 0 aliphatic rings. The van der Waals surface area contributed by atoms with Crippen molar-refractivity contribution in [3.8, 4) is 0 Å². The van der Waals surface area contributed by atoms with E-state index in [9.17, 15) is 9.90 Å². The van der Waals surface area contributed by atoms with Crippen LogP contribution in [0.2, 0.25) is 0 Å². The zero-order valence-corrected chi connectivity index (χ0v) is 14.9. The Morgan fingerprint density at radius 1 is 0.667 bits per heavy atom. The lowest BCUT2D eigenvalue weighted by Crippen LogP contribution is -2.38. The Labute approximate surface area is 158 Å². The Morgan fingerprint density at radius 3 is 1.96 bits per heavy atom. The summed E-state index contributed by atoms with van der Waals surface area (Å²) >= 11 is 0. The summed E-state index contributed by atoms with van der Waals surface area (Å²) in [5.41, 5.74) is 0.369. The van der Waals surface area contributed by atoms with E-state index in [4.69, 9.17) is 0 Å². The maximum Gasteiger partial charge on any atom is 0.177 e. The van der Waals surface area contributed by atoms with E-state index < -0.39 is 5.60 Å². The third-order valence-corrected chi connectivity index (χ3v) is 4.97. The zero-order chi connectivity index (χ0) is 18.7. The monoisotopic (exact) mass is 352 g/mol. The SMILES string of the molecule is O=C(Cc1ccccc1)C(O)(c1ccccc1)c1ccc2ccccc2c1. The summed E-state index contributed by atoms with van der Waals surface area (Å²) < 4.78 is 0. The van der Waals surface area contributed by atoms with Gasteiger partial charge >= 0.3 is 0 Å². The van der Waals surface area contributed by atoms with Gasteiger partial charge < -0.3 is 5.11 Å². The van der Waals surface area contributed by atoms with E-state index in [-0.39, 0.29) is 12.2 Å². The first-order valence-corrected chi connectivity index (χ1v) is 9.02. The van der Waals surface area contributed by atoms with Gasteiger partial charge in [-0.1, -0.05) is 97.1 Å². The second-order valence-corrected chi connectivity index (χ2v) is 6.72. The van der Waals surface area contributed by atoms with Gasteiger partial charge in [0.05, 0.1) is 0 Å². The molecule has 4 aromatic carbocycles. The van der Waals surface area contributed by atoms with E-state index in [1.807, 2.05) is 91.0 Å². The first kappa shape index (κ1) is 17.2. The maximum atomic E-state index is 13.3. The van der Waals surface area contributed by atoms with E-state index in [0.717, 1.165) is 16.3 Å². The van der Waals surface area contributed by atoms with Crippen LogP contribution in [-0.2, 0) is 16.8 Å². The van der Waals surface area contributed by atoms with Crippen molar-refractivity contribution in [1.82, 2.24) is 0 Å². The molecule has 0 spiro atoms. The highest BCUT2D eigenvalue weighted by atomic mass is 16.3. The van der Waals surface area contributed by atoms with E-state index >= 15 is 0 Å². The molecular formula is C25H20O2. The number of rotatable bonds is 5. The van der Waals surface area contributed by atoms with Crippen molar-refractivity contribution in [3.63, 3.8) is 0 Å². The molecule has 132 valence electrons. The highest BCUT2D eigenvalue weighted by Crippen LogP contribution is 2.33. The predicted molar refractivity (Wildman–Crippen MR) is 109 cm³/mol. The summed E-state index contributed by atoms with van der Waals surface area (Å²) in [4.78, 5) is 13.3. The lowest BCUT2D eigenvalue weighted by molar-refractivity contribution is -0.133. The molecule has 4 rings (SSSR count). The molecule has 1 unspecified atom stereocenters. The number of Topliss-reactive ketones (excluding diaryl/α,β-unsaturated/α-hetero) is 1. The summed E-state index contributed by atoms with van der Waals surface area (Å²) in [6.45, 7) is 0. The number of fused-ring (bicyclic) bond motifs is 1. The summed E-state index contributed by atoms with van der Waals surface area (Å²) in [5, 5.41) is 13.8. The number of carbonyl (C=O) groups is 1. The van der Waals surface area contributed by atoms with E-state index in [1.165, 1.54) is 0 Å². The van der Waals surface area contributed by atoms with Gasteiger partial charge in [-0.2, -0.15) is 0 Å². The molecule has 4 aromatic rings. The van der Waals surface area contributed by atoms with Crippen LogP contribution in [0.15, 0.2) is 103 Å². The molecule has 0 heterocycles. The van der Waals surface area contributed by atoms with E-state index in [2.05, 4.69) is 0 Å². The van der Waals surface area contributed by atoms with Crippen LogP contribution in [0, 0.1) is 0 Å². The summed E-state index contributed by atoms with van der Waals surface area (Å²) in [6, 6.07) is 32.4. The fourth-order valence-electron chi connectivity index (χ4n) is 3.49. The number of aliphatic hydroxyl groups is 1. The lowest BCUT2D eigenvalue weighted by Gasteiger charge is -2.28. The number of benzene rings is 4. The quantitative estimate of drug-likeness (QED) is 0.555. The minimum absolute atomic E-state index is 0.166. The van der Waals surface area contributed by atoms with Crippen LogP contribution >= 0.6 is 0 Å². The van der Waals surface area contributed by atoms with Gasteiger partial charge in [-0.05, 0) is 33.5 Å². The Hall–Kier alpha value is -3.23. The van der Waals surface area contributed by atoms with Crippen molar-refractivity contribution in [2.24, 2.45) is 0 Å². The fourth-order valence-corrected chi connectivity index (χ4v) is 3.49. The van der Waals surface area contributed by atoms with Gasteiger partial charge in [-0.15, -0.1) is 0 Å². The standard InChI is InChI=1S/C25H20O2/c26-24(17-19-9-3-1-4-10-19)25(27,22-13-5-2-6-14-22)23-16-15-20-11-7-8-12-21(20)18-23/h1-16,18,27H,17H2. The molecule has 27 heavy (non-hydrogen) atoms. The highest BCUT2D eigenvalue weighted by molar-refractivity contribution is 5.95. The van der Waals surface area contributed by atoms with Crippen LogP contribution in [-0.4, -0.2) is 10.9 Å². The minimum atomic E-state index is -1.69. The maximum absolute atomic E-state index is 13.3. The molecule has 0 fully saturated rings. The average molecular weight is 352 g/mol. The molecule has 1 atom stereocenters. The number of hydrogen-bond acceptors (Lipinski definition) is 2. The summed E-state index contributed by atoms with van der Waals surface area (Å²) in [7, 11) is 0. The lowest BCUT2D eigenvalue weighted by atomic mass is 9.80. The second-order valence-electron chi connectivity index (χ2n) is 6.72. The molecule has 0 radical (unpaired) electrons. The van der Waals surface area contributed by atoms with Gasteiger partial charge in [0.2, 0.25) is 0 Å². The third-order valence-electron chi connectivity index (χ3n) is 4.97. The Balaban J connectivity index is 1.84. The van der Waals surface area contributed by atoms with Crippen molar-refractivity contribution in [2.75, 3.05) is 0 Å². The number of ketones is 1. The third kappa shape index (κ3) is 3.27. The topological polar surface area (TPSA) is 37.3 Å². The van der Waals surface area contributed by atoms with Crippen LogP contribution < -0.4 is 0 Å². The molecular weight excluding hydrogens is 332 g/mol. The number of hydrogen-bond donors (Lipinski definition) is 1. The molecule has 0 aliphatic heterocycles. The Bertz CT molecular complexity index is 1070. The van der Waals surface area contributed by atoms with Crippen molar-refractivity contribution in [3.05, 3.63) is 120 Å². The van der Waals surface area contributed by atoms with Gasteiger partial charge in [0.25, 0.3) is 0 Å². The molecule has 2 heteroatoms.